The standard InChI is InChI=1S/C10H16N4O4/c1-3-7(9(11)13-16)12-10(15)8-4-6(5-17-2)18-14-8/h4,7,16H,3,5H2,1-2H3,(H2,11,13)(H,12,15). The van der Waals surface area contributed by atoms with E-state index in [-0.39, 0.29) is 18.1 Å². The van der Waals surface area contributed by atoms with Gasteiger partial charge in [-0.05, 0) is 6.42 Å². The number of amidine groups is 1. The van der Waals surface area contributed by atoms with Crippen LogP contribution in [-0.4, -0.2) is 35.3 Å². The lowest BCUT2D eigenvalue weighted by atomic mass is 10.2. The van der Waals surface area contributed by atoms with Gasteiger partial charge in [0, 0.05) is 13.2 Å². The van der Waals surface area contributed by atoms with Crippen molar-refractivity contribution in [3.05, 3.63) is 17.5 Å². The molecule has 0 fully saturated rings. The number of methoxy groups -OCH3 is 1. The summed E-state index contributed by atoms with van der Waals surface area (Å²) in [4.78, 5) is 11.8. The molecule has 1 aromatic rings. The number of nitrogens with one attached hydrogen (secondary N) is 1. The molecule has 0 aliphatic carbocycles. The van der Waals surface area contributed by atoms with E-state index in [4.69, 9.17) is 20.2 Å². The third kappa shape index (κ3) is 3.45. The third-order valence-electron chi connectivity index (χ3n) is 2.26. The Kier molecular flexibility index (Phi) is 5.12. The van der Waals surface area contributed by atoms with Gasteiger partial charge in [-0.3, -0.25) is 4.79 Å². The zero-order valence-corrected chi connectivity index (χ0v) is 10.2. The second kappa shape index (κ2) is 6.60. The summed E-state index contributed by atoms with van der Waals surface area (Å²) >= 11 is 0. The van der Waals surface area contributed by atoms with Gasteiger partial charge < -0.3 is 25.5 Å². The molecule has 1 heterocycles. The fourth-order valence-electron chi connectivity index (χ4n) is 1.32. The van der Waals surface area contributed by atoms with Crippen LogP contribution in [0.1, 0.15) is 29.6 Å². The van der Waals surface area contributed by atoms with Crippen LogP contribution in [0.15, 0.2) is 15.7 Å². The van der Waals surface area contributed by atoms with Crippen molar-refractivity contribution in [3.8, 4) is 0 Å². The number of carbonyl (C=O) groups excluding carboxylic acids is 1. The van der Waals surface area contributed by atoms with Gasteiger partial charge in [-0.15, -0.1) is 0 Å². The molecule has 18 heavy (non-hydrogen) atoms. The first kappa shape index (κ1) is 14.0. The van der Waals surface area contributed by atoms with Crippen LogP contribution in [0.3, 0.4) is 0 Å². The van der Waals surface area contributed by atoms with Gasteiger partial charge >= 0.3 is 0 Å². The Balaban J connectivity index is 2.68. The number of aromatic nitrogens is 1. The Hall–Kier alpha value is -2.09. The first-order valence-electron chi connectivity index (χ1n) is 5.35. The summed E-state index contributed by atoms with van der Waals surface area (Å²) in [5.74, 6) is -0.0782. The SMILES string of the molecule is CCC(NC(=O)c1cc(COC)on1)C(N)=NO. The van der Waals surface area contributed by atoms with Gasteiger partial charge in [-0.25, -0.2) is 0 Å². The first-order valence-corrected chi connectivity index (χ1v) is 5.35. The van der Waals surface area contributed by atoms with E-state index in [9.17, 15) is 4.79 Å². The smallest absolute Gasteiger partial charge is 0.274 e. The Labute approximate surface area is 104 Å². The van der Waals surface area contributed by atoms with Gasteiger partial charge in [0.05, 0.1) is 6.04 Å². The second-order valence-corrected chi connectivity index (χ2v) is 3.57. The second-order valence-electron chi connectivity index (χ2n) is 3.57. The lowest BCUT2D eigenvalue weighted by molar-refractivity contribution is 0.0935. The quantitative estimate of drug-likeness (QED) is 0.286. The highest BCUT2D eigenvalue weighted by molar-refractivity contribution is 5.96. The Morgan fingerprint density at radius 1 is 1.78 bits per heavy atom. The molecule has 0 saturated carbocycles. The molecule has 0 aliphatic heterocycles. The van der Waals surface area contributed by atoms with E-state index in [2.05, 4.69) is 15.6 Å². The van der Waals surface area contributed by atoms with Gasteiger partial charge in [0.15, 0.2) is 17.3 Å². The number of oxime groups is 1. The molecule has 0 aliphatic rings. The molecule has 1 amide bonds. The summed E-state index contributed by atoms with van der Waals surface area (Å²) in [6, 6.07) is 0.919. The predicted octanol–water partition coefficient (Wildman–Crippen LogP) is 0.0758. The lowest BCUT2D eigenvalue weighted by Crippen LogP contribution is -2.44. The highest BCUT2D eigenvalue weighted by Crippen LogP contribution is 2.05. The van der Waals surface area contributed by atoms with Crippen LogP contribution >= 0.6 is 0 Å². The highest BCUT2D eigenvalue weighted by atomic mass is 16.5. The van der Waals surface area contributed by atoms with Crippen LogP contribution in [0.4, 0.5) is 0 Å². The Morgan fingerprint density at radius 2 is 2.50 bits per heavy atom. The maximum absolute atomic E-state index is 11.8. The Morgan fingerprint density at radius 3 is 3.06 bits per heavy atom. The summed E-state index contributed by atoms with van der Waals surface area (Å²) in [6.07, 6.45) is 0.490. The number of hydrogen-bond donors (Lipinski definition) is 3. The normalized spacial score (nSPS) is 13.3. The average molecular weight is 256 g/mol. The first-order chi connectivity index (χ1) is 8.62. The van der Waals surface area contributed by atoms with Crippen LogP contribution in [0.5, 0.6) is 0 Å². The van der Waals surface area contributed by atoms with Gasteiger partial charge in [0.25, 0.3) is 5.91 Å². The number of rotatable bonds is 6. The van der Waals surface area contributed by atoms with E-state index < -0.39 is 11.9 Å². The zero-order chi connectivity index (χ0) is 13.5. The molecule has 8 heteroatoms. The van der Waals surface area contributed by atoms with Gasteiger partial charge in [0.1, 0.15) is 6.61 Å². The van der Waals surface area contributed by atoms with Crippen molar-refractivity contribution >= 4 is 11.7 Å². The molecular weight excluding hydrogens is 240 g/mol. The number of hydrogen-bond acceptors (Lipinski definition) is 6. The van der Waals surface area contributed by atoms with Crippen LogP contribution in [0, 0.1) is 0 Å². The maximum atomic E-state index is 11.8. The molecule has 0 radical (unpaired) electrons. The predicted molar refractivity (Wildman–Crippen MR) is 62.2 cm³/mol. The fourth-order valence-corrected chi connectivity index (χ4v) is 1.32. The summed E-state index contributed by atoms with van der Waals surface area (Å²) in [5, 5.41) is 17.6. The molecule has 1 rings (SSSR count). The van der Waals surface area contributed by atoms with Crippen molar-refractivity contribution in [3.63, 3.8) is 0 Å². The van der Waals surface area contributed by atoms with Gasteiger partial charge in [-0.1, -0.05) is 17.2 Å². The molecule has 0 aromatic carbocycles. The number of carbonyl (C=O) groups is 1. The fraction of sp³-hybridized carbons (Fsp3) is 0.500. The van der Waals surface area contributed by atoms with Crippen molar-refractivity contribution < 1.29 is 19.3 Å². The van der Waals surface area contributed by atoms with Crippen molar-refractivity contribution in [1.29, 1.82) is 0 Å². The van der Waals surface area contributed by atoms with Crippen molar-refractivity contribution in [1.82, 2.24) is 10.5 Å². The van der Waals surface area contributed by atoms with Crippen molar-refractivity contribution in [2.24, 2.45) is 10.9 Å². The van der Waals surface area contributed by atoms with Crippen molar-refractivity contribution in [2.75, 3.05) is 7.11 Å². The van der Waals surface area contributed by atoms with Crippen LogP contribution in [0.25, 0.3) is 0 Å². The van der Waals surface area contributed by atoms with Crippen molar-refractivity contribution in [2.45, 2.75) is 26.0 Å². The largest absolute Gasteiger partial charge is 0.409 e. The molecular formula is C10H16N4O4. The molecule has 1 aromatic heterocycles. The maximum Gasteiger partial charge on any atom is 0.274 e. The van der Waals surface area contributed by atoms with E-state index in [1.165, 1.54) is 13.2 Å². The lowest BCUT2D eigenvalue weighted by Gasteiger charge is -2.13. The van der Waals surface area contributed by atoms with Gasteiger partial charge in [0.2, 0.25) is 0 Å². The minimum absolute atomic E-state index is 0.0635. The van der Waals surface area contributed by atoms with Crippen LogP contribution < -0.4 is 11.1 Å². The topological polar surface area (TPSA) is 123 Å². The molecule has 8 nitrogen and oxygen atoms in total. The highest BCUT2D eigenvalue weighted by Gasteiger charge is 2.18. The molecule has 100 valence electrons. The molecule has 4 N–H and O–H groups in total. The summed E-state index contributed by atoms with van der Waals surface area (Å²) in [6.45, 7) is 2.03. The molecule has 0 spiro atoms. The summed E-state index contributed by atoms with van der Waals surface area (Å²) in [5.41, 5.74) is 5.55. The minimum atomic E-state index is -0.551. The van der Waals surface area contributed by atoms with E-state index in [1.807, 2.05) is 0 Å². The molecule has 1 unspecified atom stereocenters. The molecule has 1 atom stereocenters. The molecule has 0 saturated heterocycles. The van der Waals surface area contributed by atoms with Gasteiger partial charge in [-0.2, -0.15) is 0 Å². The third-order valence-corrected chi connectivity index (χ3v) is 2.26. The van der Waals surface area contributed by atoms with E-state index in [0.29, 0.717) is 12.2 Å². The van der Waals surface area contributed by atoms with Crippen LogP contribution in [-0.2, 0) is 11.3 Å². The summed E-state index contributed by atoms with van der Waals surface area (Å²) in [7, 11) is 1.51. The summed E-state index contributed by atoms with van der Waals surface area (Å²) < 4.78 is 9.72. The van der Waals surface area contributed by atoms with Crippen LogP contribution in [0.2, 0.25) is 0 Å². The van der Waals surface area contributed by atoms with E-state index >= 15 is 0 Å². The number of ether oxygens (including phenoxy) is 1. The number of amides is 1. The zero-order valence-electron chi connectivity index (χ0n) is 10.2. The molecule has 0 bridgehead atoms. The average Bonchev–Trinajstić information content (AvgIpc) is 2.84. The Bertz CT molecular complexity index is 429. The number of nitrogens with zero attached hydrogens (tertiary/aromatic N) is 2. The number of nitrogens with two attached hydrogens (primary N) is 1. The monoisotopic (exact) mass is 256 g/mol. The van der Waals surface area contributed by atoms with E-state index in [1.54, 1.807) is 6.92 Å². The van der Waals surface area contributed by atoms with E-state index in [0.717, 1.165) is 0 Å². The minimum Gasteiger partial charge on any atom is -0.409 e.